The minimum Gasteiger partial charge on any atom is -0.356 e. The lowest BCUT2D eigenvalue weighted by Crippen LogP contribution is -2.29. The number of hydrogen-bond donors (Lipinski definition) is 2. The van der Waals surface area contributed by atoms with Crippen LogP contribution in [-0.2, 0) is 4.79 Å². The molecule has 0 aromatic carbocycles. The van der Waals surface area contributed by atoms with Crippen molar-refractivity contribution >= 4 is 5.91 Å². The molecular formula is C14H28N2O. The van der Waals surface area contributed by atoms with E-state index in [0.717, 1.165) is 37.9 Å². The first-order valence-electron chi connectivity index (χ1n) is 7.19. The van der Waals surface area contributed by atoms with Gasteiger partial charge in [0.25, 0.3) is 0 Å². The predicted molar refractivity (Wildman–Crippen MR) is 71.9 cm³/mol. The zero-order chi connectivity index (χ0) is 12.5. The van der Waals surface area contributed by atoms with Crippen LogP contribution in [0.3, 0.4) is 0 Å². The van der Waals surface area contributed by atoms with Gasteiger partial charge in [0.2, 0.25) is 5.91 Å². The molecule has 0 heterocycles. The van der Waals surface area contributed by atoms with Gasteiger partial charge < -0.3 is 10.6 Å². The Hall–Kier alpha value is -0.570. The molecule has 3 nitrogen and oxygen atoms in total. The number of hydrogen-bond acceptors (Lipinski definition) is 2. The molecule has 100 valence electrons. The van der Waals surface area contributed by atoms with Gasteiger partial charge in [-0.1, -0.05) is 33.1 Å². The largest absolute Gasteiger partial charge is 0.356 e. The van der Waals surface area contributed by atoms with E-state index in [0.29, 0.717) is 6.42 Å². The van der Waals surface area contributed by atoms with Crippen LogP contribution in [-0.4, -0.2) is 25.5 Å². The standard InChI is InChI=1S/C14H28N2O/c1-3-15-9-8-14(17)16-10-7-13-6-4-5-12(2)11-13/h12-13,15H,3-11H2,1-2H3,(H,16,17). The second-order valence-corrected chi connectivity index (χ2v) is 5.38. The molecule has 0 aromatic rings. The fraction of sp³-hybridized carbons (Fsp3) is 0.929. The second kappa shape index (κ2) is 8.51. The third-order valence-electron chi connectivity index (χ3n) is 3.70. The van der Waals surface area contributed by atoms with Gasteiger partial charge in [-0.2, -0.15) is 0 Å². The van der Waals surface area contributed by atoms with Crippen LogP contribution in [0.5, 0.6) is 0 Å². The molecule has 1 amide bonds. The molecule has 0 saturated heterocycles. The van der Waals surface area contributed by atoms with Gasteiger partial charge in [0.05, 0.1) is 0 Å². The molecule has 17 heavy (non-hydrogen) atoms. The molecule has 2 atom stereocenters. The van der Waals surface area contributed by atoms with Crippen molar-refractivity contribution in [1.82, 2.24) is 10.6 Å². The van der Waals surface area contributed by atoms with E-state index in [1.54, 1.807) is 0 Å². The van der Waals surface area contributed by atoms with Crippen molar-refractivity contribution in [2.24, 2.45) is 11.8 Å². The average Bonchev–Trinajstić information content (AvgIpc) is 2.29. The Labute approximate surface area is 106 Å². The van der Waals surface area contributed by atoms with Crippen LogP contribution >= 0.6 is 0 Å². The van der Waals surface area contributed by atoms with Crippen molar-refractivity contribution in [3.05, 3.63) is 0 Å². The van der Waals surface area contributed by atoms with E-state index in [4.69, 9.17) is 0 Å². The van der Waals surface area contributed by atoms with Crippen LogP contribution in [0.25, 0.3) is 0 Å². The summed E-state index contributed by atoms with van der Waals surface area (Å²) in [7, 11) is 0. The Morgan fingerprint density at radius 2 is 2.12 bits per heavy atom. The third-order valence-corrected chi connectivity index (χ3v) is 3.70. The average molecular weight is 240 g/mol. The fourth-order valence-corrected chi connectivity index (χ4v) is 2.70. The highest BCUT2D eigenvalue weighted by Crippen LogP contribution is 2.30. The Morgan fingerprint density at radius 3 is 2.82 bits per heavy atom. The van der Waals surface area contributed by atoms with E-state index in [2.05, 4.69) is 24.5 Å². The summed E-state index contributed by atoms with van der Waals surface area (Å²) in [6.45, 7) is 7.00. The van der Waals surface area contributed by atoms with Crippen LogP contribution in [0.1, 0.15) is 52.4 Å². The van der Waals surface area contributed by atoms with Crippen LogP contribution in [0.15, 0.2) is 0 Å². The molecule has 1 rings (SSSR count). The number of carbonyl (C=O) groups excluding carboxylic acids is 1. The van der Waals surface area contributed by atoms with E-state index < -0.39 is 0 Å². The maximum absolute atomic E-state index is 11.5. The van der Waals surface area contributed by atoms with Crippen LogP contribution < -0.4 is 10.6 Å². The summed E-state index contributed by atoms with van der Waals surface area (Å²) >= 11 is 0. The van der Waals surface area contributed by atoms with Crippen molar-refractivity contribution in [2.75, 3.05) is 19.6 Å². The maximum atomic E-state index is 11.5. The summed E-state index contributed by atoms with van der Waals surface area (Å²) in [6, 6.07) is 0. The summed E-state index contributed by atoms with van der Waals surface area (Å²) < 4.78 is 0. The number of rotatable bonds is 7. The quantitative estimate of drug-likeness (QED) is 0.671. The first-order valence-corrected chi connectivity index (χ1v) is 7.19. The maximum Gasteiger partial charge on any atom is 0.221 e. The third kappa shape index (κ3) is 6.67. The molecule has 3 heteroatoms. The molecule has 0 spiro atoms. The Bertz CT molecular complexity index is 218. The van der Waals surface area contributed by atoms with Crippen molar-refractivity contribution in [2.45, 2.75) is 52.4 Å². The molecule has 1 saturated carbocycles. The smallest absolute Gasteiger partial charge is 0.221 e. The van der Waals surface area contributed by atoms with Crippen LogP contribution in [0, 0.1) is 11.8 Å². The Morgan fingerprint density at radius 1 is 1.29 bits per heavy atom. The normalized spacial score (nSPS) is 24.6. The number of nitrogens with one attached hydrogen (secondary N) is 2. The van der Waals surface area contributed by atoms with E-state index in [1.807, 2.05) is 0 Å². The highest BCUT2D eigenvalue weighted by atomic mass is 16.1. The molecule has 0 aliphatic heterocycles. The van der Waals surface area contributed by atoms with Gasteiger partial charge in [0, 0.05) is 19.5 Å². The zero-order valence-electron chi connectivity index (χ0n) is 11.4. The molecular weight excluding hydrogens is 212 g/mol. The van der Waals surface area contributed by atoms with Gasteiger partial charge in [-0.15, -0.1) is 0 Å². The van der Waals surface area contributed by atoms with Crippen molar-refractivity contribution in [3.8, 4) is 0 Å². The van der Waals surface area contributed by atoms with E-state index in [1.165, 1.54) is 25.7 Å². The monoisotopic (exact) mass is 240 g/mol. The summed E-state index contributed by atoms with van der Waals surface area (Å²) in [4.78, 5) is 11.5. The van der Waals surface area contributed by atoms with Gasteiger partial charge in [0.15, 0.2) is 0 Å². The molecule has 2 unspecified atom stereocenters. The topological polar surface area (TPSA) is 41.1 Å². The van der Waals surface area contributed by atoms with Gasteiger partial charge in [-0.3, -0.25) is 4.79 Å². The molecule has 1 aliphatic carbocycles. The van der Waals surface area contributed by atoms with Crippen LogP contribution in [0.4, 0.5) is 0 Å². The first-order chi connectivity index (χ1) is 8.22. The molecule has 0 aromatic heterocycles. The van der Waals surface area contributed by atoms with Gasteiger partial charge in [-0.25, -0.2) is 0 Å². The lowest BCUT2D eigenvalue weighted by Gasteiger charge is -2.26. The minimum atomic E-state index is 0.190. The number of carbonyl (C=O) groups is 1. The van der Waals surface area contributed by atoms with Crippen molar-refractivity contribution < 1.29 is 4.79 Å². The predicted octanol–water partition coefficient (Wildman–Crippen LogP) is 2.32. The highest BCUT2D eigenvalue weighted by Gasteiger charge is 2.18. The summed E-state index contributed by atoms with van der Waals surface area (Å²) in [5, 5.41) is 6.19. The summed E-state index contributed by atoms with van der Waals surface area (Å²) in [6.07, 6.45) is 7.25. The second-order valence-electron chi connectivity index (χ2n) is 5.38. The lowest BCUT2D eigenvalue weighted by molar-refractivity contribution is -0.121. The highest BCUT2D eigenvalue weighted by molar-refractivity contribution is 5.75. The van der Waals surface area contributed by atoms with E-state index >= 15 is 0 Å². The molecule has 2 N–H and O–H groups in total. The fourth-order valence-electron chi connectivity index (χ4n) is 2.70. The molecule has 1 aliphatic rings. The van der Waals surface area contributed by atoms with E-state index in [-0.39, 0.29) is 5.91 Å². The first kappa shape index (κ1) is 14.5. The molecule has 0 radical (unpaired) electrons. The van der Waals surface area contributed by atoms with Gasteiger partial charge in [0.1, 0.15) is 0 Å². The van der Waals surface area contributed by atoms with Crippen molar-refractivity contribution in [3.63, 3.8) is 0 Å². The lowest BCUT2D eigenvalue weighted by atomic mass is 9.81. The number of amides is 1. The van der Waals surface area contributed by atoms with Gasteiger partial charge >= 0.3 is 0 Å². The zero-order valence-corrected chi connectivity index (χ0v) is 11.4. The Balaban J connectivity index is 2.00. The van der Waals surface area contributed by atoms with Gasteiger partial charge in [-0.05, 0) is 31.2 Å². The van der Waals surface area contributed by atoms with Crippen LogP contribution in [0.2, 0.25) is 0 Å². The summed E-state index contributed by atoms with van der Waals surface area (Å²) in [5.41, 5.74) is 0. The molecule has 0 bridgehead atoms. The molecule has 1 fully saturated rings. The van der Waals surface area contributed by atoms with Crippen molar-refractivity contribution in [1.29, 1.82) is 0 Å². The Kier molecular flexibility index (Phi) is 7.25. The summed E-state index contributed by atoms with van der Waals surface area (Å²) in [5.74, 6) is 1.92. The SMILES string of the molecule is CCNCCC(=O)NCCC1CCCC(C)C1. The minimum absolute atomic E-state index is 0.190. The van der Waals surface area contributed by atoms with E-state index in [9.17, 15) is 4.79 Å².